The molecule has 2 rings (SSSR count). The Morgan fingerprint density at radius 1 is 1.35 bits per heavy atom. The number of carbonyl (C=O) groups excluding carboxylic acids is 1. The summed E-state index contributed by atoms with van der Waals surface area (Å²) in [4.78, 5) is 11.9. The van der Waals surface area contributed by atoms with E-state index in [1.54, 1.807) is 24.3 Å². The fraction of sp³-hybridized carbons (Fsp3) is 0.429. The van der Waals surface area contributed by atoms with E-state index in [9.17, 15) is 13.2 Å². The van der Waals surface area contributed by atoms with Crippen LogP contribution in [0.4, 0.5) is 5.69 Å². The minimum atomic E-state index is -2.89. The lowest BCUT2D eigenvalue weighted by atomic mass is 9.98. The van der Waals surface area contributed by atoms with Gasteiger partial charge in [-0.3, -0.25) is 4.79 Å². The molecule has 1 saturated heterocycles. The maximum Gasteiger partial charge on any atom is 0.224 e. The second-order valence-electron chi connectivity index (χ2n) is 5.04. The van der Waals surface area contributed by atoms with Gasteiger partial charge in [0.25, 0.3) is 0 Å². The van der Waals surface area contributed by atoms with E-state index in [0.717, 1.165) is 0 Å². The number of amides is 1. The first-order chi connectivity index (χ1) is 9.48. The lowest BCUT2D eigenvalue weighted by Crippen LogP contribution is -2.26. The van der Waals surface area contributed by atoms with E-state index in [1.807, 2.05) is 6.07 Å². The molecule has 20 heavy (non-hydrogen) atoms. The molecule has 1 heterocycles. The molecular formula is C14H16N2O3S. The zero-order valence-corrected chi connectivity index (χ0v) is 11.8. The summed E-state index contributed by atoms with van der Waals surface area (Å²) in [6.07, 6.45) is 1.42. The topological polar surface area (TPSA) is 87.0 Å². The van der Waals surface area contributed by atoms with Crippen LogP contribution in [0, 0.1) is 17.2 Å². The Balaban J connectivity index is 1.88. The molecule has 0 radical (unpaired) electrons. The molecule has 106 valence electrons. The van der Waals surface area contributed by atoms with Crippen molar-refractivity contribution >= 4 is 21.4 Å². The number of hydrogen-bond donors (Lipinski definition) is 1. The number of rotatable bonds is 3. The first-order valence-corrected chi connectivity index (χ1v) is 8.31. The molecule has 1 fully saturated rings. The summed E-state index contributed by atoms with van der Waals surface area (Å²) in [6, 6.07) is 8.73. The summed E-state index contributed by atoms with van der Waals surface area (Å²) in [6.45, 7) is 0. The maximum absolute atomic E-state index is 11.9. The van der Waals surface area contributed by atoms with Crippen LogP contribution in [0.1, 0.15) is 24.8 Å². The average Bonchev–Trinajstić information content (AvgIpc) is 2.41. The van der Waals surface area contributed by atoms with E-state index in [2.05, 4.69) is 5.32 Å². The maximum atomic E-state index is 11.9. The van der Waals surface area contributed by atoms with Gasteiger partial charge in [-0.05, 0) is 37.0 Å². The zero-order valence-electron chi connectivity index (χ0n) is 11.0. The van der Waals surface area contributed by atoms with Crippen LogP contribution in [0.25, 0.3) is 0 Å². The van der Waals surface area contributed by atoms with Gasteiger partial charge in [0.05, 0.1) is 23.1 Å². The molecule has 0 aromatic heterocycles. The molecule has 6 heteroatoms. The van der Waals surface area contributed by atoms with Crippen LogP contribution in [0.5, 0.6) is 0 Å². The Bertz CT molecular complexity index is 633. The molecule has 5 nitrogen and oxygen atoms in total. The molecule has 1 aromatic rings. The van der Waals surface area contributed by atoms with Crippen molar-refractivity contribution in [2.75, 3.05) is 16.8 Å². The number of nitrogens with zero attached hydrogens (tertiary/aromatic N) is 1. The fourth-order valence-corrected chi connectivity index (χ4v) is 3.87. The molecule has 0 unspecified atom stereocenters. The number of hydrogen-bond acceptors (Lipinski definition) is 4. The minimum absolute atomic E-state index is 0.123. The van der Waals surface area contributed by atoms with Gasteiger partial charge in [-0.15, -0.1) is 0 Å². The Morgan fingerprint density at radius 2 is 2.05 bits per heavy atom. The number of nitrogens with one attached hydrogen (secondary N) is 1. The van der Waals surface area contributed by atoms with Crippen molar-refractivity contribution in [2.24, 2.45) is 5.92 Å². The lowest BCUT2D eigenvalue weighted by Gasteiger charge is -2.21. The van der Waals surface area contributed by atoms with E-state index in [0.29, 0.717) is 30.5 Å². The van der Waals surface area contributed by atoms with Gasteiger partial charge in [-0.25, -0.2) is 8.42 Å². The fourth-order valence-electron chi connectivity index (χ4n) is 2.28. The number of carbonyl (C=O) groups is 1. The lowest BCUT2D eigenvalue weighted by molar-refractivity contribution is -0.117. The van der Waals surface area contributed by atoms with E-state index in [4.69, 9.17) is 5.26 Å². The summed E-state index contributed by atoms with van der Waals surface area (Å²) in [7, 11) is -2.89. The Hall–Kier alpha value is -1.87. The zero-order chi connectivity index (χ0) is 14.6. The molecule has 1 aliphatic heterocycles. The van der Waals surface area contributed by atoms with Crippen molar-refractivity contribution in [1.29, 1.82) is 5.26 Å². The normalized spacial score (nSPS) is 18.1. The molecule has 1 amide bonds. The van der Waals surface area contributed by atoms with Crippen LogP contribution in [-0.4, -0.2) is 25.8 Å². The van der Waals surface area contributed by atoms with Gasteiger partial charge in [-0.2, -0.15) is 5.26 Å². The number of nitriles is 1. The summed E-state index contributed by atoms with van der Waals surface area (Å²) in [5.74, 6) is 0.339. The quantitative estimate of drug-likeness (QED) is 0.918. The molecule has 0 bridgehead atoms. The highest BCUT2D eigenvalue weighted by Crippen LogP contribution is 2.22. The Labute approximate surface area is 118 Å². The van der Waals surface area contributed by atoms with Gasteiger partial charge >= 0.3 is 0 Å². The summed E-state index contributed by atoms with van der Waals surface area (Å²) in [5.41, 5.74) is 1.09. The minimum Gasteiger partial charge on any atom is -0.326 e. The van der Waals surface area contributed by atoms with Crippen molar-refractivity contribution in [3.8, 4) is 6.07 Å². The van der Waals surface area contributed by atoms with Crippen LogP contribution < -0.4 is 5.32 Å². The highest BCUT2D eigenvalue weighted by molar-refractivity contribution is 7.91. The molecule has 0 atom stereocenters. The molecule has 0 saturated carbocycles. The molecule has 0 aliphatic carbocycles. The third-order valence-electron chi connectivity index (χ3n) is 3.42. The molecule has 1 aromatic carbocycles. The predicted octanol–water partition coefficient (Wildman–Crippen LogP) is 1.71. The Kier molecular flexibility index (Phi) is 4.40. The van der Waals surface area contributed by atoms with Gasteiger partial charge < -0.3 is 5.32 Å². The van der Waals surface area contributed by atoms with Crippen molar-refractivity contribution in [1.82, 2.24) is 0 Å². The van der Waals surface area contributed by atoms with Crippen molar-refractivity contribution in [3.63, 3.8) is 0 Å². The van der Waals surface area contributed by atoms with Gasteiger partial charge in [0.1, 0.15) is 9.84 Å². The standard InChI is InChI=1S/C14H16N2O3S/c15-10-12-2-1-3-13(8-12)16-14(17)9-11-4-6-20(18,19)7-5-11/h1-3,8,11H,4-7,9H2,(H,16,17). The van der Waals surface area contributed by atoms with Crippen LogP contribution in [-0.2, 0) is 14.6 Å². The van der Waals surface area contributed by atoms with Gasteiger partial charge in [0.15, 0.2) is 0 Å². The number of anilines is 1. The average molecular weight is 292 g/mol. The van der Waals surface area contributed by atoms with Crippen LogP contribution in [0.15, 0.2) is 24.3 Å². The van der Waals surface area contributed by atoms with Gasteiger partial charge in [-0.1, -0.05) is 6.07 Å². The van der Waals surface area contributed by atoms with Crippen molar-refractivity contribution in [3.05, 3.63) is 29.8 Å². The van der Waals surface area contributed by atoms with Crippen LogP contribution in [0.3, 0.4) is 0 Å². The molecule has 0 spiro atoms. The predicted molar refractivity (Wildman–Crippen MR) is 75.8 cm³/mol. The summed E-state index contributed by atoms with van der Waals surface area (Å²) < 4.78 is 22.6. The molecule has 1 N–H and O–H groups in total. The van der Waals surface area contributed by atoms with Crippen LogP contribution in [0.2, 0.25) is 0 Å². The largest absolute Gasteiger partial charge is 0.326 e. The van der Waals surface area contributed by atoms with E-state index < -0.39 is 9.84 Å². The number of benzene rings is 1. The van der Waals surface area contributed by atoms with E-state index >= 15 is 0 Å². The highest BCUT2D eigenvalue weighted by Gasteiger charge is 2.25. The van der Waals surface area contributed by atoms with E-state index in [-0.39, 0.29) is 23.3 Å². The second-order valence-corrected chi connectivity index (χ2v) is 7.34. The molecular weight excluding hydrogens is 276 g/mol. The first-order valence-electron chi connectivity index (χ1n) is 6.49. The van der Waals surface area contributed by atoms with Crippen molar-refractivity contribution < 1.29 is 13.2 Å². The van der Waals surface area contributed by atoms with Gasteiger partial charge in [0, 0.05) is 12.1 Å². The first kappa shape index (κ1) is 14.5. The highest BCUT2D eigenvalue weighted by atomic mass is 32.2. The summed E-state index contributed by atoms with van der Waals surface area (Å²) >= 11 is 0. The SMILES string of the molecule is N#Cc1cccc(NC(=O)CC2CCS(=O)(=O)CC2)c1. The smallest absolute Gasteiger partial charge is 0.224 e. The summed E-state index contributed by atoms with van der Waals surface area (Å²) in [5, 5.41) is 11.5. The van der Waals surface area contributed by atoms with Crippen molar-refractivity contribution in [2.45, 2.75) is 19.3 Å². The van der Waals surface area contributed by atoms with Gasteiger partial charge in [0.2, 0.25) is 5.91 Å². The second kappa shape index (κ2) is 6.06. The van der Waals surface area contributed by atoms with Crippen LogP contribution >= 0.6 is 0 Å². The van der Waals surface area contributed by atoms with E-state index in [1.165, 1.54) is 0 Å². The number of sulfone groups is 1. The Morgan fingerprint density at radius 3 is 2.70 bits per heavy atom. The third-order valence-corrected chi connectivity index (χ3v) is 5.14. The monoisotopic (exact) mass is 292 g/mol. The molecule has 1 aliphatic rings. The third kappa shape index (κ3) is 4.07.